The highest BCUT2D eigenvalue weighted by atomic mass is 32.1. The van der Waals surface area contributed by atoms with Gasteiger partial charge in [-0.05, 0) is 62.1 Å². The number of amides is 3. The summed E-state index contributed by atoms with van der Waals surface area (Å²) in [5.41, 5.74) is 6.51. The molecule has 4 rings (SSSR count). The summed E-state index contributed by atoms with van der Waals surface area (Å²) < 4.78 is 0.833. The zero-order chi connectivity index (χ0) is 23.4. The van der Waals surface area contributed by atoms with Crippen LogP contribution in [0.1, 0.15) is 32.6 Å². The number of nitrogens with one attached hydrogen (secondary N) is 3. The van der Waals surface area contributed by atoms with E-state index in [0.717, 1.165) is 33.5 Å². The zero-order valence-electron chi connectivity index (χ0n) is 18.9. The Labute approximate surface area is 197 Å². The largest absolute Gasteiger partial charge is 0.337 e. The van der Waals surface area contributed by atoms with Gasteiger partial charge in [-0.2, -0.15) is 0 Å². The van der Waals surface area contributed by atoms with Gasteiger partial charge in [0.15, 0.2) is 5.13 Å². The molecular formula is C26H26N4O2S. The van der Waals surface area contributed by atoms with E-state index in [1.807, 2.05) is 51.1 Å². The fraction of sp³-hybridized carbons (Fsp3) is 0.192. The Bertz CT molecular complexity index is 1290. The maximum Gasteiger partial charge on any atom is 0.321 e. The Morgan fingerprint density at radius 2 is 1.64 bits per heavy atom. The van der Waals surface area contributed by atoms with E-state index in [1.165, 1.54) is 22.5 Å². The first-order valence-corrected chi connectivity index (χ1v) is 11.6. The summed E-state index contributed by atoms with van der Waals surface area (Å²) in [7, 11) is 0. The van der Waals surface area contributed by atoms with Crippen LogP contribution in [0.3, 0.4) is 0 Å². The Balaban J connectivity index is 1.40. The zero-order valence-corrected chi connectivity index (χ0v) is 19.7. The van der Waals surface area contributed by atoms with Crippen LogP contribution >= 0.6 is 11.3 Å². The van der Waals surface area contributed by atoms with Crippen LogP contribution in [0.5, 0.6) is 0 Å². The number of thiazole rings is 1. The highest BCUT2D eigenvalue weighted by Crippen LogP contribution is 2.28. The second-order valence-electron chi connectivity index (χ2n) is 8.05. The summed E-state index contributed by atoms with van der Waals surface area (Å²) in [5, 5.41) is 9.15. The number of aromatic nitrogens is 1. The molecule has 3 aromatic carbocycles. The SMILES string of the molecule is Cc1cc(C)c(NC(=O)c2ccc3nc(NC(=O)NCCc4ccccc4)sc3c2)c(C)c1. The molecule has 0 bridgehead atoms. The van der Waals surface area contributed by atoms with E-state index in [4.69, 9.17) is 0 Å². The molecule has 7 heteroatoms. The molecule has 0 spiro atoms. The van der Waals surface area contributed by atoms with Gasteiger partial charge in [-0.15, -0.1) is 0 Å². The summed E-state index contributed by atoms with van der Waals surface area (Å²) in [5.74, 6) is -0.173. The number of hydrogen-bond donors (Lipinski definition) is 3. The van der Waals surface area contributed by atoms with Gasteiger partial charge in [-0.1, -0.05) is 59.4 Å². The molecule has 1 heterocycles. The predicted octanol–water partition coefficient (Wildman–Crippen LogP) is 5.84. The second kappa shape index (κ2) is 9.83. The fourth-order valence-corrected chi connectivity index (χ4v) is 4.69. The van der Waals surface area contributed by atoms with Gasteiger partial charge in [-0.3, -0.25) is 10.1 Å². The molecule has 0 saturated carbocycles. The minimum absolute atomic E-state index is 0.173. The number of hydrogen-bond acceptors (Lipinski definition) is 4. The van der Waals surface area contributed by atoms with Gasteiger partial charge in [0, 0.05) is 17.8 Å². The number of carbonyl (C=O) groups excluding carboxylic acids is 2. The average Bonchev–Trinajstić information content (AvgIpc) is 3.18. The quantitative estimate of drug-likeness (QED) is 0.339. The molecule has 4 aromatic rings. The summed E-state index contributed by atoms with van der Waals surface area (Å²) in [6.07, 6.45) is 0.756. The molecule has 0 atom stereocenters. The first-order valence-electron chi connectivity index (χ1n) is 10.8. The lowest BCUT2D eigenvalue weighted by Gasteiger charge is -2.12. The Morgan fingerprint density at radius 1 is 0.909 bits per heavy atom. The molecule has 1 aromatic heterocycles. The number of carbonyl (C=O) groups is 2. The van der Waals surface area contributed by atoms with E-state index >= 15 is 0 Å². The van der Waals surface area contributed by atoms with E-state index in [-0.39, 0.29) is 11.9 Å². The van der Waals surface area contributed by atoms with Crippen molar-refractivity contribution in [2.45, 2.75) is 27.2 Å². The summed E-state index contributed by atoms with van der Waals surface area (Å²) in [4.78, 5) is 29.5. The molecule has 0 aliphatic carbocycles. The van der Waals surface area contributed by atoms with Gasteiger partial charge in [0.05, 0.1) is 10.2 Å². The third kappa shape index (κ3) is 5.56. The molecule has 0 radical (unpaired) electrons. The third-order valence-electron chi connectivity index (χ3n) is 5.33. The molecule has 0 aliphatic rings. The Morgan fingerprint density at radius 3 is 2.36 bits per heavy atom. The van der Waals surface area contributed by atoms with Crippen LogP contribution in [-0.2, 0) is 6.42 Å². The molecule has 3 N–H and O–H groups in total. The smallest absolute Gasteiger partial charge is 0.321 e. The molecule has 0 fully saturated rings. The van der Waals surface area contributed by atoms with Gasteiger partial charge in [-0.25, -0.2) is 9.78 Å². The lowest BCUT2D eigenvalue weighted by Crippen LogP contribution is -2.30. The molecule has 33 heavy (non-hydrogen) atoms. The van der Waals surface area contributed by atoms with Crippen LogP contribution < -0.4 is 16.0 Å². The van der Waals surface area contributed by atoms with Gasteiger partial charge < -0.3 is 10.6 Å². The molecule has 0 aliphatic heterocycles. The topological polar surface area (TPSA) is 83.1 Å². The first-order chi connectivity index (χ1) is 15.9. The minimum atomic E-state index is -0.298. The van der Waals surface area contributed by atoms with E-state index in [2.05, 4.69) is 33.1 Å². The predicted molar refractivity (Wildman–Crippen MR) is 135 cm³/mol. The summed E-state index contributed by atoms with van der Waals surface area (Å²) in [6, 6.07) is 19.2. The van der Waals surface area contributed by atoms with Crippen molar-refractivity contribution < 1.29 is 9.59 Å². The molecule has 0 unspecified atom stereocenters. The van der Waals surface area contributed by atoms with Crippen molar-refractivity contribution in [1.29, 1.82) is 0 Å². The molecule has 3 amide bonds. The lowest BCUT2D eigenvalue weighted by atomic mass is 10.0. The minimum Gasteiger partial charge on any atom is -0.337 e. The normalized spacial score (nSPS) is 10.8. The van der Waals surface area contributed by atoms with Gasteiger partial charge in [0.25, 0.3) is 5.91 Å². The molecule has 6 nitrogen and oxygen atoms in total. The van der Waals surface area contributed by atoms with Crippen molar-refractivity contribution in [2.24, 2.45) is 0 Å². The maximum absolute atomic E-state index is 12.9. The van der Waals surface area contributed by atoms with Gasteiger partial charge >= 0.3 is 6.03 Å². The van der Waals surface area contributed by atoms with E-state index in [0.29, 0.717) is 17.2 Å². The number of anilines is 2. The van der Waals surface area contributed by atoms with Gasteiger partial charge in [0.1, 0.15) is 0 Å². The number of fused-ring (bicyclic) bond motifs is 1. The van der Waals surface area contributed by atoms with Crippen molar-refractivity contribution in [3.8, 4) is 0 Å². The van der Waals surface area contributed by atoms with Crippen molar-refractivity contribution in [1.82, 2.24) is 10.3 Å². The van der Waals surface area contributed by atoms with Gasteiger partial charge in [0.2, 0.25) is 0 Å². The highest BCUT2D eigenvalue weighted by molar-refractivity contribution is 7.22. The summed E-state index contributed by atoms with van der Waals surface area (Å²) >= 11 is 1.34. The molecular weight excluding hydrogens is 432 g/mol. The van der Waals surface area contributed by atoms with Crippen LogP contribution in [0.15, 0.2) is 60.7 Å². The number of aryl methyl sites for hydroxylation is 3. The standard InChI is InChI=1S/C26H26N4O2S/c1-16-13-17(2)23(18(3)14-16)29-24(31)20-9-10-21-22(15-20)33-26(28-21)30-25(32)27-12-11-19-7-5-4-6-8-19/h4-10,13-15H,11-12H2,1-3H3,(H,29,31)(H2,27,28,30,32). The number of nitrogens with zero attached hydrogens (tertiary/aromatic N) is 1. The second-order valence-corrected chi connectivity index (χ2v) is 9.08. The van der Waals surface area contributed by atoms with Crippen molar-refractivity contribution in [3.63, 3.8) is 0 Å². The average molecular weight is 459 g/mol. The number of benzene rings is 3. The van der Waals surface area contributed by atoms with Crippen molar-refractivity contribution in [3.05, 3.63) is 88.5 Å². The highest BCUT2D eigenvalue weighted by Gasteiger charge is 2.13. The Kier molecular flexibility index (Phi) is 6.70. The van der Waals surface area contributed by atoms with E-state index < -0.39 is 0 Å². The molecule has 0 saturated heterocycles. The third-order valence-corrected chi connectivity index (χ3v) is 6.26. The maximum atomic E-state index is 12.9. The van der Waals surface area contributed by atoms with Crippen LogP contribution in [0.2, 0.25) is 0 Å². The van der Waals surface area contributed by atoms with Crippen LogP contribution in [0, 0.1) is 20.8 Å². The van der Waals surface area contributed by atoms with Crippen LogP contribution in [0.25, 0.3) is 10.2 Å². The Hall–Kier alpha value is -3.71. The lowest BCUT2D eigenvalue weighted by molar-refractivity contribution is 0.102. The van der Waals surface area contributed by atoms with Crippen molar-refractivity contribution in [2.75, 3.05) is 17.2 Å². The van der Waals surface area contributed by atoms with E-state index in [1.54, 1.807) is 18.2 Å². The number of urea groups is 1. The summed E-state index contributed by atoms with van der Waals surface area (Å²) in [6.45, 7) is 6.55. The van der Waals surface area contributed by atoms with Crippen LogP contribution in [0.4, 0.5) is 15.6 Å². The van der Waals surface area contributed by atoms with E-state index in [9.17, 15) is 9.59 Å². The first kappa shape index (κ1) is 22.5. The molecule has 168 valence electrons. The fourth-order valence-electron chi connectivity index (χ4n) is 3.79. The van der Waals surface area contributed by atoms with Crippen LogP contribution in [-0.4, -0.2) is 23.5 Å². The monoisotopic (exact) mass is 458 g/mol. The van der Waals surface area contributed by atoms with Crippen molar-refractivity contribution >= 4 is 44.3 Å². The number of rotatable bonds is 6.